The molecule has 3 aromatic rings. The van der Waals surface area contributed by atoms with E-state index in [1.54, 1.807) is 6.07 Å². The summed E-state index contributed by atoms with van der Waals surface area (Å²) in [5.41, 5.74) is 16.8. The fourth-order valence-corrected chi connectivity index (χ4v) is 3.41. The van der Waals surface area contributed by atoms with Crippen LogP contribution in [0.25, 0.3) is 10.9 Å². The summed E-state index contributed by atoms with van der Waals surface area (Å²) in [6.45, 7) is 0. The fourth-order valence-electron chi connectivity index (χ4n) is 3.41. The molecule has 2 aromatic carbocycles. The first-order valence-electron chi connectivity index (χ1n) is 7.36. The monoisotopic (exact) mass is 293 g/mol. The lowest BCUT2D eigenvalue weighted by Crippen LogP contribution is -2.04. The molecule has 4 heteroatoms. The third-order valence-electron chi connectivity index (χ3n) is 4.46. The number of nitrogens with two attached hydrogens (primary N) is 2. The first kappa shape index (κ1) is 13.1. The highest BCUT2D eigenvalue weighted by Crippen LogP contribution is 2.41. The number of halogens is 1. The van der Waals surface area contributed by atoms with E-state index in [4.69, 9.17) is 11.5 Å². The number of benzene rings is 2. The van der Waals surface area contributed by atoms with Crippen molar-refractivity contribution in [3.63, 3.8) is 0 Å². The van der Waals surface area contributed by atoms with E-state index in [2.05, 4.69) is 11.1 Å². The summed E-state index contributed by atoms with van der Waals surface area (Å²) in [4.78, 5) is 4.50. The Bertz CT molecular complexity index is 889. The minimum absolute atomic E-state index is 0.175. The summed E-state index contributed by atoms with van der Waals surface area (Å²) in [7, 11) is 0. The first-order chi connectivity index (χ1) is 10.6. The molecule has 0 aliphatic heterocycles. The van der Waals surface area contributed by atoms with Crippen LogP contribution < -0.4 is 11.5 Å². The van der Waals surface area contributed by atoms with Crippen LogP contribution in [-0.2, 0) is 6.42 Å². The molecule has 0 saturated carbocycles. The van der Waals surface area contributed by atoms with Crippen LogP contribution in [0.15, 0.2) is 42.5 Å². The van der Waals surface area contributed by atoms with Crippen LogP contribution in [0.2, 0.25) is 0 Å². The number of hydrogen-bond acceptors (Lipinski definition) is 3. The number of aryl methyl sites for hydroxylation is 1. The molecule has 1 aliphatic rings. The Morgan fingerprint density at radius 3 is 2.73 bits per heavy atom. The maximum Gasteiger partial charge on any atom is 0.127 e. The number of anilines is 2. The predicted molar refractivity (Wildman–Crippen MR) is 87.1 cm³/mol. The summed E-state index contributed by atoms with van der Waals surface area (Å²) >= 11 is 0. The van der Waals surface area contributed by atoms with E-state index in [0.29, 0.717) is 11.5 Å². The van der Waals surface area contributed by atoms with Gasteiger partial charge in [-0.25, -0.2) is 9.37 Å². The van der Waals surface area contributed by atoms with Crippen molar-refractivity contribution in [3.8, 4) is 0 Å². The van der Waals surface area contributed by atoms with Crippen molar-refractivity contribution in [2.45, 2.75) is 18.8 Å². The van der Waals surface area contributed by atoms with Crippen LogP contribution in [0.4, 0.5) is 15.9 Å². The van der Waals surface area contributed by atoms with Crippen LogP contribution in [0.3, 0.4) is 0 Å². The average Bonchev–Trinajstić information content (AvgIpc) is 2.89. The molecule has 1 aliphatic carbocycles. The summed E-state index contributed by atoms with van der Waals surface area (Å²) in [6.07, 6.45) is 1.80. The van der Waals surface area contributed by atoms with Crippen molar-refractivity contribution in [1.29, 1.82) is 0 Å². The van der Waals surface area contributed by atoms with Gasteiger partial charge in [0.05, 0.1) is 5.52 Å². The quantitative estimate of drug-likeness (QED) is 0.673. The van der Waals surface area contributed by atoms with Gasteiger partial charge in [-0.05, 0) is 60.4 Å². The standard InChI is InChI=1S/C18H16FN3/c19-12-2-5-14-10(7-12)1-4-15(14)16-9-11-8-13(20)3-6-17(11)22-18(16)21/h2-3,5-9,15H,1,4,20H2,(H2,21,22). The highest BCUT2D eigenvalue weighted by atomic mass is 19.1. The minimum atomic E-state index is -0.184. The van der Waals surface area contributed by atoms with Crippen LogP contribution in [-0.4, -0.2) is 4.98 Å². The maximum absolute atomic E-state index is 13.4. The van der Waals surface area contributed by atoms with E-state index in [-0.39, 0.29) is 11.7 Å². The zero-order valence-electron chi connectivity index (χ0n) is 12.0. The first-order valence-corrected chi connectivity index (χ1v) is 7.36. The largest absolute Gasteiger partial charge is 0.399 e. The maximum atomic E-state index is 13.4. The van der Waals surface area contributed by atoms with Crippen LogP contribution in [0, 0.1) is 5.82 Å². The summed E-state index contributed by atoms with van der Waals surface area (Å²) in [5, 5.41) is 0.986. The second-order valence-corrected chi connectivity index (χ2v) is 5.85. The van der Waals surface area contributed by atoms with E-state index in [1.807, 2.05) is 24.3 Å². The Morgan fingerprint density at radius 2 is 1.86 bits per heavy atom. The van der Waals surface area contributed by atoms with Crippen molar-refractivity contribution < 1.29 is 4.39 Å². The van der Waals surface area contributed by atoms with Crippen molar-refractivity contribution in [2.75, 3.05) is 11.5 Å². The number of hydrogen-bond donors (Lipinski definition) is 2. The molecule has 1 atom stereocenters. The van der Waals surface area contributed by atoms with Crippen LogP contribution in [0.1, 0.15) is 29.0 Å². The smallest absolute Gasteiger partial charge is 0.127 e. The van der Waals surface area contributed by atoms with Gasteiger partial charge in [0.15, 0.2) is 0 Å². The summed E-state index contributed by atoms with van der Waals surface area (Å²) in [5.74, 6) is 0.533. The predicted octanol–water partition coefficient (Wildman–Crippen LogP) is 3.62. The van der Waals surface area contributed by atoms with Crippen molar-refractivity contribution in [3.05, 3.63) is 65.0 Å². The van der Waals surface area contributed by atoms with Gasteiger partial charge < -0.3 is 11.5 Å². The molecular formula is C18H16FN3. The molecule has 0 radical (unpaired) electrons. The third-order valence-corrected chi connectivity index (χ3v) is 4.46. The lowest BCUT2D eigenvalue weighted by molar-refractivity contribution is 0.626. The number of aromatic nitrogens is 1. The lowest BCUT2D eigenvalue weighted by Gasteiger charge is -2.15. The van der Waals surface area contributed by atoms with Crippen molar-refractivity contribution in [1.82, 2.24) is 4.98 Å². The molecule has 4 N–H and O–H groups in total. The van der Waals surface area contributed by atoms with E-state index in [0.717, 1.165) is 40.4 Å². The molecule has 4 rings (SSSR count). The number of rotatable bonds is 1. The van der Waals surface area contributed by atoms with E-state index >= 15 is 0 Å². The molecule has 1 aromatic heterocycles. The van der Waals surface area contributed by atoms with Gasteiger partial charge >= 0.3 is 0 Å². The van der Waals surface area contributed by atoms with Crippen LogP contribution >= 0.6 is 0 Å². The highest BCUT2D eigenvalue weighted by Gasteiger charge is 2.26. The Labute approximate surface area is 127 Å². The van der Waals surface area contributed by atoms with E-state index in [9.17, 15) is 4.39 Å². The molecule has 1 heterocycles. The Morgan fingerprint density at radius 1 is 1.00 bits per heavy atom. The molecular weight excluding hydrogens is 277 g/mol. The van der Waals surface area contributed by atoms with E-state index in [1.165, 1.54) is 6.07 Å². The van der Waals surface area contributed by atoms with Crippen LogP contribution in [0.5, 0.6) is 0 Å². The molecule has 0 saturated heterocycles. The summed E-state index contributed by atoms with van der Waals surface area (Å²) in [6, 6.07) is 12.7. The van der Waals surface area contributed by atoms with Gasteiger partial charge in [-0.3, -0.25) is 0 Å². The Balaban J connectivity index is 1.87. The van der Waals surface area contributed by atoms with Gasteiger partial charge in [0.1, 0.15) is 11.6 Å². The van der Waals surface area contributed by atoms with Gasteiger partial charge in [-0.2, -0.15) is 0 Å². The van der Waals surface area contributed by atoms with Gasteiger partial charge in [-0.1, -0.05) is 6.07 Å². The third kappa shape index (κ3) is 1.99. The molecule has 22 heavy (non-hydrogen) atoms. The lowest BCUT2D eigenvalue weighted by atomic mass is 9.92. The SMILES string of the molecule is Nc1ccc2nc(N)c(C3CCc4cc(F)ccc43)cc2c1. The normalized spacial score (nSPS) is 16.9. The summed E-state index contributed by atoms with van der Waals surface area (Å²) < 4.78 is 13.4. The molecule has 110 valence electrons. The molecule has 1 unspecified atom stereocenters. The van der Waals surface area contributed by atoms with Crippen molar-refractivity contribution >= 4 is 22.4 Å². The number of nitrogen functional groups attached to an aromatic ring is 2. The topological polar surface area (TPSA) is 64.9 Å². The Kier molecular flexibility index (Phi) is 2.79. The zero-order chi connectivity index (χ0) is 15.3. The molecule has 0 spiro atoms. The molecule has 0 amide bonds. The Hall–Kier alpha value is -2.62. The zero-order valence-corrected chi connectivity index (χ0v) is 12.0. The number of fused-ring (bicyclic) bond motifs is 2. The average molecular weight is 293 g/mol. The number of pyridine rings is 1. The second kappa shape index (κ2) is 4.70. The molecule has 0 fully saturated rings. The van der Waals surface area contributed by atoms with E-state index < -0.39 is 0 Å². The highest BCUT2D eigenvalue weighted by molar-refractivity contribution is 5.84. The number of nitrogens with zero attached hydrogens (tertiary/aromatic N) is 1. The van der Waals surface area contributed by atoms with Gasteiger partial charge in [0.2, 0.25) is 0 Å². The molecule has 3 nitrogen and oxygen atoms in total. The minimum Gasteiger partial charge on any atom is -0.399 e. The van der Waals surface area contributed by atoms with Gasteiger partial charge in [-0.15, -0.1) is 0 Å². The fraction of sp³-hybridized carbons (Fsp3) is 0.167. The van der Waals surface area contributed by atoms with Gasteiger partial charge in [0, 0.05) is 22.6 Å². The second-order valence-electron chi connectivity index (χ2n) is 5.85. The van der Waals surface area contributed by atoms with Crippen molar-refractivity contribution in [2.24, 2.45) is 0 Å². The van der Waals surface area contributed by atoms with Gasteiger partial charge in [0.25, 0.3) is 0 Å². The molecule has 0 bridgehead atoms.